The Hall–Kier alpha value is -0.500. The highest BCUT2D eigenvalue weighted by Gasteiger charge is 2.48. The van der Waals surface area contributed by atoms with Crippen molar-refractivity contribution in [1.82, 2.24) is 0 Å². The highest BCUT2D eigenvalue weighted by molar-refractivity contribution is 9.10. The van der Waals surface area contributed by atoms with E-state index in [1.807, 2.05) is 0 Å². The standard InChI is InChI=1S/C16H20BrN/c17-14-1-3-15(4-2-14)18-16-12-6-10-5-11(8-12)9-13(16)7-10/h1-4,10-13,16,18H,5-9H2. The van der Waals surface area contributed by atoms with Crippen molar-refractivity contribution in [2.45, 2.75) is 38.1 Å². The Balaban J connectivity index is 1.53. The van der Waals surface area contributed by atoms with Crippen molar-refractivity contribution >= 4 is 21.6 Å². The second-order valence-corrected chi connectivity index (χ2v) is 7.52. The van der Waals surface area contributed by atoms with Gasteiger partial charge in [-0.3, -0.25) is 0 Å². The van der Waals surface area contributed by atoms with Gasteiger partial charge in [0.15, 0.2) is 0 Å². The number of rotatable bonds is 2. The van der Waals surface area contributed by atoms with Crippen LogP contribution in [-0.2, 0) is 0 Å². The van der Waals surface area contributed by atoms with Crippen molar-refractivity contribution in [2.75, 3.05) is 5.32 Å². The third kappa shape index (κ3) is 1.89. The largest absolute Gasteiger partial charge is 0.382 e. The van der Waals surface area contributed by atoms with Crippen LogP contribution >= 0.6 is 15.9 Å². The average Bonchev–Trinajstić information content (AvgIpc) is 2.35. The topological polar surface area (TPSA) is 12.0 Å². The van der Waals surface area contributed by atoms with Crippen LogP contribution in [0.15, 0.2) is 28.7 Å². The van der Waals surface area contributed by atoms with Crippen molar-refractivity contribution in [2.24, 2.45) is 23.7 Å². The normalized spacial score (nSPS) is 41.1. The summed E-state index contributed by atoms with van der Waals surface area (Å²) in [5.41, 5.74) is 1.30. The molecule has 1 N–H and O–H groups in total. The first-order valence-electron chi connectivity index (χ1n) is 7.30. The Kier molecular flexibility index (Phi) is 2.68. The monoisotopic (exact) mass is 305 g/mol. The van der Waals surface area contributed by atoms with Crippen molar-refractivity contribution < 1.29 is 0 Å². The Labute approximate surface area is 117 Å². The molecule has 1 nitrogen and oxygen atoms in total. The van der Waals surface area contributed by atoms with E-state index >= 15 is 0 Å². The zero-order valence-electron chi connectivity index (χ0n) is 10.6. The van der Waals surface area contributed by atoms with Gasteiger partial charge >= 0.3 is 0 Å². The van der Waals surface area contributed by atoms with E-state index < -0.39 is 0 Å². The maximum Gasteiger partial charge on any atom is 0.0343 e. The first-order chi connectivity index (χ1) is 8.78. The Morgan fingerprint density at radius 2 is 1.39 bits per heavy atom. The van der Waals surface area contributed by atoms with E-state index in [4.69, 9.17) is 0 Å². The van der Waals surface area contributed by atoms with Crippen molar-refractivity contribution in [3.8, 4) is 0 Å². The molecule has 1 aromatic rings. The molecule has 96 valence electrons. The molecular weight excluding hydrogens is 286 g/mol. The third-order valence-corrected chi connectivity index (χ3v) is 5.93. The second-order valence-electron chi connectivity index (χ2n) is 6.61. The van der Waals surface area contributed by atoms with Gasteiger partial charge in [0.1, 0.15) is 0 Å². The van der Waals surface area contributed by atoms with E-state index in [-0.39, 0.29) is 0 Å². The van der Waals surface area contributed by atoms with Crippen LogP contribution in [0.5, 0.6) is 0 Å². The Morgan fingerprint density at radius 1 is 0.833 bits per heavy atom. The predicted octanol–water partition coefficient (Wildman–Crippen LogP) is 4.69. The summed E-state index contributed by atoms with van der Waals surface area (Å²) in [6.45, 7) is 0. The minimum atomic E-state index is 0.749. The lowest BCUT2D eigenvalue weighted by Crippen LogP contribution is -2.51. The Morgan fingerprint density at radius 3 is 1.94 bits per heavy atom. The summed E-state index contributed by atoms with van der Waals surface area (Å²) in [7, 11) is 0. The second kappa shape index (κ2) is 4.26. The summed E-state index contributed by atoms with van der Waals surface area (Å²) in [5, 5.41) is 3.83. The van der Waals surface area contributed by atoms with Crippen molar-refractivity contribution in [3.63, 3.8) is 0 Å². The van der Waals surface area contributed by atoms with E-state index in [1.165, 1.54) is 37.8 Å². The van der Waals surface area contributed by atoms with Gasteiger partial charge < -0.3 is 5.32 Å². The highest BCUT2D eigenvalue weighted by atomic mass is 79.9. The van der Waals surface area contributed by atoms with Crippen molar-refractivity contribution in [3.05, 3.63) is 28.7 Å². The molecule has 4 saturated carbocycles. The molecule has 1 aromatic carbocycles. The summed E-state index contributed by atoms with van der Waals surface area (Å²) in [6, 6.07) is 9.43. The summed E-state index contributed by atoms with van der Waals surface area (Å²) >= 11 is 3.51. The quantitative estimate of drug-likeness (QED) is 0.836. The summed E-state index contributed by atoms with van der Waals surface area (Å²) in [5.74, 6) is 4.03. The van der Waals surface area contributed by atoms with Gasteiger partial charge in [0.2, 0.25) is 0 Å². The molecule has 0 heterocycles. The molecule has 0 aliphatic heterocycles. The summed E-state index contributed by atoms with van der Waals surface area (Å²) < 4.78 is 1.16. The zero-order chi connectivity index (χ0) is 12.1. The molecule has 0 aromatic heterocycles. The molecule has 2 heteroatoms. The molecule has 4 aliphatic carbocycles. The fourth-order valence-electron chi connectivity index (χ4n) is 4.90. The van der Waals surface area contributed by atoms with Crippen LogP contribution in [0.1, 0.15) is 32.1 Å². The first kappa shape index (κ1) is 11.3. The molecule has 0 spiro atoms. The number of nitrogens with one attached hydrogen (secondary N) is 1. The molecule has 4 bridgehead atoms. The fraction of sp³-hybridized carbons (Fsp3) is 0.625. The number of halogens is 1. The van der Waals surface area contributed by atoms with Crippen LogP contribution in [0, 0.1) is 23.7 Å². The van der Waals surface area contributed by atoms with E-state index in [9.17, 15) is 0 Å². The van der Waals surface area contributed by atoms with Gasteiger partial charge in [-0.2, -0.15) is 0 Å². The van der Waals surface area contributed by atoms with Crippen molar-refractivity contribution in [1.29, 1.82) is 0 Å². The van der Waals surface area contributed by atoms with E-state index in [0.29, 0.717) is 0 Å². The van der Waals surface area contributed by atoms with Gasteiger partial charge in [0, 0.05) is 16.2 Å². The summed E-state index contributed by atoms with van der Waals surface area (Å²) in [4.78, 5) is 0. The van der Waals surface area contributed by atoms with Crippen LogP contribution in [0.4, 0.5) is 5.69 Å². The average molecular weight is 306 g/mol. The third-order valence-electron chi connectivity index (χ3n) is 5.40. The number of benzene rings is 1. The number of hydrogen-bond donors (Lipinski definition) is 1. The van der Waals surface area contributed by atoms with E-state index in [0.717, 1.165) is 34.2 Å². The minimum Gasteiger partial charge on any atom is -0.382 e. The molecule has 4 fully saturated rings. The maximum atomic E-state index is 3.83. The molecule has 0 unspecified atom stereocenters. The Bertz CT molecular complexity index is 411. The predicted molar refractivity (Wildman–Crippen MR) is 78.6 cm³/mol. The highest BCUT2D eigenvalue weighted by Crippen LogP contribution is 2.54. The van der Waals surface area contributed by atoms with Gasteiger partial charge in [-0.25, -0.2) is 0 Å². The zero-order valence-corrected chi connectivity index (χ0v) is 12.2. The molecule has 0 amide bonds. The lowest BCUT2D eigenvalue weighted by molar-refractivity contribution is 0.00754. The van der Waals surface area contributed by atoms with Gasteiger partial charge in [-0.15, -0.1) is 0 Å². The van der Waals surface area contributed by atoms with Crippen LogP contribution in [0.2, 0.25) is 0 Å². The van der Waals surface area contributed by atoms with Gasteiger partial charge in [-0.1, -0.05) is 15.9 Å². The molecule has 4 aliphatic rings. The maximum absolute atomic E-state index is 3.83. The lowest BCUT2D eigenvalue weighted by atomic mass is 9.54. The van der Waals surface area contributed by atoms with Crippen LogP contribution in [0.25, 0.3) is 0 Å². The first-order valence-corrected chi connectivity index (χ1v) is 8.09. The van der Waals surface area contributed by atoms with Gasteiger partial charge in [0.25, 0.3) is 0 Å². The molecule has 0 atom stereocenters. The molecule has 0 saturated heterocycles. The van der Waals surface area contributed by atoms with E-state index in [2.05, 4.69) is 45.5 Å². The SMILES string of the molecule is Brc1ccc(NC2C3CC4CC(C3)CC2C4)cc1. The fourth-order valence-corrected chi connectivity index (χ4v) is 5.16. The molecule has 5 rings (SSSR count). The van der Waals surface area contributed by atoms with Gasteiger partial charge in [0.05, 0.1) is 0 Å². The summed E-state index contributed by atoms with van der Waals surface area (Å²) in [6.07, 6.45) is 7.49. The number of anilines is 1. The smallest absolute Gasteiger partial charge is 0.0343 e. The van der Waals surface area contributed by atoms with Crippen LogP contribution in [0.3, 0.4) is 0 Å². The minimum absolute atomic E-state index is 0.749. The lowest BCUT2D eigenvalue weighted by Gasteiger charge is -2.54. The van der Waals surface area contributed by atoms with E-state index in [1.54, 1.807) is 0 Å². The molecule has 0 radical (unpaired) electrons. The van der Waals surface area contributed by atoms with Crippen LogP contribution < -0.4 is 5.32 Å². The van der Waals surface area contributed by atoms with Gasteiger partial charge in [-0.05, 0) is 80.0 Å². The molecular formula is C16H20BrN. The molecule has 18 heavy (non-hydrogen) atoms. The van der Waals surface area contributed by atoms with Crippen LogP contribution in [-0.4, -0.2) is 6.04 Å². The number of hydrogen-bond acceptors (Lipinski definition) is 1.